The van der Waals surface area contributed by atoms with E-state index in [1.165, 1.54) is 0 Å². The number of nitrogens with zero attached hydrogens (tertiary/aromatic N) is 5. The van der Waals surface area contributed by atoms with Gasteiger partial charge < -0.3 is 9.88 Å². The standard InChI is InChI=1S/C21H18N6O/c1-14(28)15-5-3-7-17(11-15)25-21-23-10-8-18(26-21)19-13-24-20(27(19)2)16-6-4-9-22-12-16/h3-13H,1-2H3,(H,23,25,26). The molecule has 0 saturated carbocycles. The molecule has 0 saturated heterocycles. The number of hydrogen-bond acceptors (Lipinski definition) is 6. The van der Waals surface area contributed by atoms with Gasteiger partial charge in [0.05, 0.1) is 17.6 Å². The Bertz CT molecular complexity index is 1140. The van der Waals surface area contributed by atoms with Gasteiger partial charge in [-0.05, 0) is 37.3 Å². The van der Waals surface area contributed by atoms with Gasteiger partial charge in [0.1, 0.15) is 5.82 Å². The molecule has 0 unspecified atom stereocenters. The van der Waals surface area contributed by atoms with Crippen LogP contribution in [-0.2, 0) is 7.05 Å². The molecule has 0 aliphatic carbocycles. The highest BCUT2D eigenvalue weighted by Crippen LogP contribution is 2.24. The average Bonchev–Trinajstić information content (AvgIpc) is 3.10. The van der Waals surface area contributed by atoms with Crippen molar-refractivity contribution in [3.05, 3.63) is 72.8 Å². The molecule has 0 aliphatic heterocycles. The maximum Gasteiger partial charge on any atom is 0.227 e. The first-order valence-corrected chi connectivity index (χ1v) is 8.75. The lowest BCUT2D eigenvalue weighted by molar-refractivity contribution is 0.101. The van der Waals surface area contributed by atoms with E-state index in [0.29, 0.717) is 11.5 Å². The van der Waals surface area contributed by atoms with E-state index >= 15 is 0 Å². The maximum atomic E-state index is 11.6. The Hall–Kier alpha value is -3.87. The molecular formula is C21H18N6O. The van der Waals surface area contributed by atoms with E-state index < -0.39 is 0 Å². The van der Waals surface area contributed by atoms with Crippen LogP contribution in [0.4, 0.5) is 11.6 Å². The molecule has 7 heteroatoms. The molecule has 4 aromatic rings. The highest BCUT2D eigenvalue weighted by Gasteiger charge is 2.12. The number of pyridine rings is 1. The van der Waals surface area contributed by atoms with E-state index in [1.54, 1.807) is 43.8 Å². The Balaban J connectivity index is 1.64. The van der Waals surface area contributed by atoms with Crippen molar-refractivity contribution in [3.8, 4) is 22.8 Å². The van der Waals surface area contributed by atoms with Crippen molar-refractivity contribution >= 4 is 17.4 Å². The van der Waals surface area contributed by atoms with Crippen LogP contribution in [0.25, 0.3) is 22.8 Å². The zero-order chi connectivity index (χ0) is 19.5. The highest BCUT2D eigenvalue weighted by molar-refractivity contribution is 5.95. The number of nitrogens with one attached hydrogen (secondary N) is 1. The minimum atomic E-state index is 0.0103. The summed E-state index contributed by atoms with van der Waals surface area (Å²) in [5.74, 6) is 1.27. The fourth-order valence-electron chi connectivity index (χ4n) is 2.92. The van der Waals surface area contributed by atoms with Crippen LogP contribution >= 0.6 is 0 Å². The van der Waals surface area contributed by atoms with Crippen molar-refractivity contribution in [2.45, 2.75) is 6.92 Å². The number of benzene rings is 1. The van der Waals surface area contributed by atoms with Crippen LogP contribution in [0.5, 0.6) is 0 Å². The van der Waals surface area contributed by atoms with Crippen LogP contribution in [0.2, 0.25) is 0 Å². The van der Waals surface area contributed by atoms with Gasteiger partial charge in [-0.15, -0.1) is 0 Å². The SMILES string of the molecule is CC(=O)c1cccc(Nc2nccc(-c3cnc(-c4cccnc4)n3C)n2)c1. The molecule has 3 heterocycles. The maximum absolute atomic E-state index is 11.6. The van der Waals surface area contributed by atoms with Crippen LogP contribution in [0.3, 0.4) is 0 Å². The molecule has 4 rings (SSSR count). The predicted octanol–water partition coefficient (Wildman–Crippen LogP) is 3.89. The van der Waals surface area contributed by atoms with Crippen molar-refractivity contribution in [2.75, 3.05) is 5.32 Å². The molecule has 0 amide bonds. The van der Waals surface area contributed by atoms with Crippen LogP contribution in [-0.4, -0.2) is 30.3 Å². The van der Waals surface area contributed by atoms with E-state index in [4.69, 9.17) is 0 Å². The summed E-state index contributed by atoms with van der Waals surface area (Å²) in [6, 6.07) is 12.9. The van der Waals surface area contributed by atoms with Crippen molar-refractivity contribution in [1.29, 1.82) is 0 Å². The van der Waals surface area contributed by atoms with Gasteiger partial charge in [-0.25, -0.2) is 15.0 Å². The normalized spacial score (nSPS) is 10.6. The summed E-state index contributed by atoms with van der Waals surface area (Å²) >= 11 is 0. The van der Waals surface area contributed by atoms with E-state index in [2.05, 4.69) is 25.3 Å². The molecule has 0 bridgehead atoms. The zero-order valence-corrected chi connectivity index (χ0v) is 15.5. The summed E-state index contributed by atoms with van der Waals surface area (Å²) in [4.78, 5) is 29.1. The van der Waals surface area contributed by atoms with Gasteiger partial charge in [0.2, 0.25) is 5.95 Å². The molecule has 0 aliphatic rings. The van der Waals surface area contributed by atoms with E-state index in [0.717, 1.165) is 28.5 Å². The van der Waals surface area contributed by atoms with E-state index in [9.17, 15) is 4.79 Å². The number of aromatic nitrogens is 5. The summed E-state index contributed by atoms with van der Waals surface area (Å²) in [5.41, 5.74) is 3.93. The first-order valence-electron chi connectivity index (χ1n) is 8.75. The quantitative estimate of drug-likeness (QED) is 0.537. The first-order chi connectivity index (χ1) is 13.6. The summed E-state index contributed by atoms with van der Waals surface area (Å²) in [5, 5.41) is 3.15. The molecule has 0 spiro atoms. The molecule has 1 N–H and O–H groups in total. The summed E-state index contributed by atoms with van der Waals surface area (Å²) in [6.45, 7) is 1.54. The first kappa shape index (κ1) is 17.5. The number of Topliss-reactive ketones (excluding diaryl/α,β-unsaturated/α-hetero) is 1. The molecule has 0 radical (unpaired) electrons. The van der Waals surface area contributed by atoms with Gasteiger partial charge in [0, 0.05) is 42.5 Å². The van der Waals surface area contributed by atoms with Crippen molar-refractivity contribution in [2.24, 2.45) is 7.05 Å². The monoisotopic (exact) mass is 370 g/mol. The Morgan fingerprint density at radius 1 is 1.04 bits per heavy atom. The molecule has 0 atom stereocenters. The lowest BCUT2D eigenvalue weighted by Crippen LogP contribution is -2.01. The third-order valence-corrected chi connectivity index (χ3v) is 4.35. The molecule has 1 aromatic carbocycles. The molecule has 138 valence electrons. The second kappa shape index (κ2) is 7.40. The fourth-order valence-corrected chi connectivity index (χ4v) is 2.92. The summed E-state index contributed by atoms with van der Waals surface area (Å²) in [7, 11) is 1.94. The van der Waals surface area contributed by atoms with E-state index in [1.807, 2.05) is 41.9 Å². The second-order valence-electron chi connectivity index (χ2n) is 6.30. The van der Waals surface area contributed by atoms with Gasteiger partial charge in [-0.3, -0.25) is 9.78 Å². The number of anilines is 2. The molecular weight excluding hydrogens is 352 g/mol. The minimum Gasteiger partial charge on any atom is -0.326 e. The van der Waals surface area contributed by atoms with Gasteiger partial charge in [0.15, 0.2) is 5.78 Å². The summed E-state index contributed by atoms with van der Waals surface area (Å²) in [6.07, 6.45) is 6.99. The van der Waals surface area contributed by atoms with Gasteiger partial charge in [-0.2, -0.15) is 0 Å². The third kappa shape index (κ3) is 3.50. The Morgan fingerprint density at radius 2 is 1.93 bits per heavy atom. The van der Waals surface area contributed by atoms with Crippen molar-refractivity contribution in [3.63, 3.8) is 0 Å². The number of carbonyl (C=O) groups is 1. The van der Waals surface area contributed by atoms with Crippen LogP contribution in [0.15, 0.2) is 67.3 Å². The highest BCUT2D eigenvalue weighted by atomic mass is 16.1. The Morgan fingerprint density at radius 3 is 2.71 bits per heavy atom. The van der Waals surface area contributed by atoms with Crippen molar-refractivity contribution in [1.82, 2.24) is 24.5 Å². The second-order valence-corrected chi connectivity index (χ2v) is 6.30. The Labute approximate surface area is 162 Å². The molecule has 3 aromatic heterocycles. The zero-order valence-electron chi connectivity index (χ0n) is 15.5. The Kier molecular flexibility index (Phi) is 4.63. The number of carbonyl (C=O) groups excluding carboxylic acids is 1. The lowest BCUT2D eigenvalue weighted by Gasteiger charge is -2.09. The number of rotatable bonds is 5. The fraction of sp³-hybridized carbons (Fsp3) is 0.0952. The molecule has 28 heavy (non-hydrogen) atoms. The third-order valence-electron chi connectivity index (χ3n) is 4.35. The van der Waals surface area contributed by atoms with Crippen LogP contribution in [0, 0.1) is 0 Å². The van der Waals surface area contributed by atoms with Crippen LogP contribution in [0.1, 0.15) is 17.3 Å². The topological polar surface area (TPSA) is 85.6 Å². The molecule has 7 nitrogen and oxygen atoms in total. The van der Waals surface area contributed by atoms with Gasteiger partial charge in [0.25, 0.3) is 0 Å². The number of imidazole rings is 1. The van der Waals surface area contributed by atoms with Crippen LogP contribution < -0.4 is 5.32 Å². The number of ketones is 1. The minimum absolute atomic E-state index is 0.0103. The summed E-state index contributed by atoms with van der Waals surface area (Å²) < 4.78 is 1.97. The largest absolute Gasteiger partial charge is 0.326 e. The number of hydrogen-bond donors (Lipinski definition) is 1. The van der Waals surface area contributed by atoms with E-state index in [-0.39, 0.29) is 5.78 Å². The average molecular weight is 370 g/mol. The van der Waals surface area contributed by atoms with Crippen molar-refractivity contribution < 1.29 is 4.79 Å². The van der Waals surface area contributed by atoms with Gasteiger partial charge >= 0.3 is 0 Å². The smallest absolute Gasteiger partial charge is 0.227 e. The van der Waals surface area contributed by atoms with Gasteiger partial charge in [-0.1, -0.05) is 12.1 Å². The molecule has 0 fully saturated rings. The predicted molar refractivity (Wildman–Crippen MR) is 107 cm³/mol. The lowest BCUT2D eigenvalue weighted by atomic mass is 10.1.